The molecule has 0 aromatic heterocycles. The van der Waals surface area contributed by atoms with Crippen LogP contribution in [0.25, 0.3) is 27.8 Å². The summed E-state index contributed by atoms with van der Waals surface area (Å²) in [7, 11) is -8.13. The van der Waals surface area contributed by atoms with Gasteiger partial charge in [0.15, 0.2) is 0 Å². The van der Waals surface area contributed by atoms with Gasteiger partial charge in [0.25, 0.3) is 0 Å². The van der Waals surface area contributed by atoms with Gasteiger partial charge in [-0.3, -0.25) is 0 Å². The van der Waals surface area contributed by atoms with E-state index in [2.05, 4.69) is 0 Å². The van der Waals surface area contributed by atoms with Crippen LogP contribution in [0.3, 0.4) is 0 Å². The van der Waals surface area contributed by atoms with E-state index in [0.717, 1.165) is 16.7 Å². The fourth-order valence-corrected chi connectivity index (χ4v) is 10.7. The topological polar surface area (TPSA) is 116 Å². The van der Waals surface area contributed by atoms with Crippen molar-refractivity contribution in [3.05, 3.63) is 154 Å². The van der Waals surface area contributed by atoms with Crippen LogP contribution in [0.1, 0.15) is 27.8 Å². The van der Waals surface area contributed by atoms with Crippen molar-refractivity contribution in [2.45, 2.75) is 40.4 Å². The zero-order chi connectivity index (χ0) is 38.3. The van der Waals surface area contributed by atoms with Crippen LogP contribution in [0, 0.1) is 55.1 Å². The van der Waals surface area contributed by atoms with Gasteiger partial charge in [0, 0.05) is 22.3 Å². The second-order valence-electron chi connectivity index (χ2n) is 13.5. The van der Waals surface area contributed by atoms with Crippen molar-refractivity contribution >= 4 is 48.3 Å². The summed E-state index contributed by atoms with van der Waals surface area (Å²) < 4.78 is 90.7. The van der Waals surface area contributed by atoms with Crippen LogP contribution in [0.2, 0.25) is 0 Å². The van der Waals surface area contributed by atoms with Gasteiger partial charge < -0.3 is 0 Å². The molecule has 11 heteroatoms. The average Bonchev–Trinajstić information content (AvgIpc) is 3.68. The quantitative estimate of drug-likeness (QED) is 0.140. The minimum Gasteiger partial charge on any atom is -0.219 e. The lowest BCUT2D eigenvalue weighted by Crippen LogP contribution is -2.52. The van der Waals surface area contributed by atoms with Gasteiger partial charge >= 0.3 is 0 Å². The van der Waals surface area contributed by atoms with E-state index in [9.17, 15) is 27.4 Å². The molecule has 0 fully saturated rings. The van der Waals surface area contributed by atoms with Gasteiger partial charge in [-0.1, -0.05) is 88.3 Å². The Kier molecular flexibility index (Phi) is 8.07. The number of benzene rings is 6. The monoisotopic (exact) mass is 748 g/mol. The summed E-state index contributed by atoms with van der Waals surface area (Å²) in [6.45, 7) is 4.73. The predicted molar refractivity (Wildman–Crippen MR) is 204 cm³/mol. The van der Waals surface area contributed by atoms with E-state index in [1.807, 2.05) is 32.9 Å². The minimum atomic E-state index is -4.10. The van der Waals surface area contributed by atoms with Crippen molar-refractivity contribution in [3.63, 3.8) is 0 Å². The number of fused-ring (bicyclic) bond motifs is 6. The SMILES string of the molecule is Cc1cc(C)c(B2c3cc(S(=O)(=O)c4ccccc4)ccc3-c3c(F)c4c(c(F)c32)-c2ccc(S(=O)(=O)c3ccccc3)cc2C4=C(C#N)C#N)c(C)c1. The molecule has 0 amide bonds. The average molecular weight is 749 g/mol. The minimum absolute atomic E-state index is 0.0000485. The van der Waals surface area contributed by atoms with E-state index < -0.39 is 43.6 Å². The van der Waals surface area contributed by atoms with Gasteiger partial charge in [0.05, 0.1) is 19.6 Å². The van der Waals surface area contributed by atoms with Crippen LogP contribution < -0.4 is 16.4 Å². The van der Waals surface area contributed by atoms with Gasteiger partial charge in [-0.05, 0) is 91.5 Å². The van der Waals surface area contributed by atoms with Gasteiger partial charge in [-0.25, -0.2) is 25.6 Å². The van der Waals surface area contributed by atoms with Crippen LogP contribution >= 0.6 is 0 Å². The number of sulfone groups is 2. The molecule has 6 aromatic rings. The van der Waals surface area contributed by atoms with E-state index in [1.165, 1.54) is 60.7 Å². The highest BCUT2D eigenvalue weighted by atomic mass is 32.2. The molecule has 1 aliphatic heterocycles. The summed E-state index contributed by atoms with van der Waals surface area (Å²) in [6, 6.07) is 31.3. The van der Waals surface area contributed by atoms with Crippen molar-refractivity contribution in [2.75, 3.05) is 0 Å². The largest absolute Gasteiger partial charge is 0.247 e. The fourth-order valence-electron chi connectivity index (χ4n) is 8.12. The van der Waals surface area contributed by atoms with Crippen molar-refractivity contribution in [1.82, 2.24) is 0 Å². The molecule has 6 aromatic carbocycles. The Morgan fingerprint density at radius 2 is 1.07 bits per heavy atom. The van der Waals surface area contributed by atoms with Crippen LogP contribution in [-0.2, 0) is 19.7 Å². The summed E-state index contributed by atoms with van der Waals surface area (Å²) in [5.41, 5.74) is 2.60. The Morgan fingerprint density at radius 3 is 1.61 bits per heavy atom. The summed E-state index contributed by atoms with van der Waals surface area (Å²) in [5, 5.41) is 20.2. The first-order valence-electron chi connectivity index (χ1n) is 16.9. The molecule has 2 aliphatic rings. The second kappa shape index (κ2) is 12.5. The molecule has 0 atom stereocenters. The lowest BCUT2D eigenvalue weighted by molar-refractivity contribution is 0.594. The summed E-state index contributed by atoms with van der Waals surface area (Å²) in [4.78, 5) is -0.158. The molecular formula is C43H27BF2N2O4S2. The third kappa shape index (κ3) is 5.00. The lowest BCUT2D eigenvalue weighted by atomic mass is 9.37. The number of rotatable bonds is 5. The highest BCUT2D eigenvalue weighted by Crippen LogP contribution is 2.51. The number of hydrogen-bond acceptors (Lipinski definition) is 6. The van der Waals surface area contributed by atoms with E-state index in [4.69, 9.17) is 0 Å². The molecule has 0 radical (unpaired) electrons. The Bertz CT molecular complexity index is 2950. The highest BCUT2D eigenvalue weighted by molar-refractivity contribution is 7.91. The molecule has 0 saturated carbocycles. The normalized spacial score (nSPS) is 12.7. The van der Waals surface area contributed by atoms with Gasteiger partial charge in [0.1, 0.15) is 29.3 Å². The number of nitrogens with zero attached hydrogens (tertiary/aromatic N) is 2. The van der Waals surface area contributed by atoms with Crippen molar-refractivity contribution in [1.29, 1.82) is 10.5 Å². The first-order valence-corrected chi connectivity index (χ1v) is 19.8. The van der Waals surface area contributed by atoms with Crippen LogP contribution in [0.5, 0.6) is 0 Å². The van der Waals surface area contributed by atoms with Crippen molar-refractivity contribution in [2.24, 2.45) is 0 Å². The zero-order valence-corrected chi connectivity index (χ0v) is 30.7. The Labute approximate surface area is 312 Å². The standard InChI is InChI=1S/C43H27BF2N2O4S2/c1-24-18-25(2)40(26(3)19-24)44-35-21-31(54(51,52)29-12-8-5-9-13-29)15-17-33(35)38-41(44)43(46)37-32-16-14-30(53(49,50)28-10-6-4-7-11-28)20-34(32)36(27(22-47)23-48)39(37)42(38)45/h4-21H,1-3H3. The third-order valence-electron chi connectivity index (χ3n) is 10.3. The number of hydrogen-bond donors (Lipinski definition) is 0. The molecule has 0 spiro atoms. The molecule has 1 heterocycles. The molecule has 0 saturated heterocycles. The third-order valence-corrected chi connectivity index (χ3v) is 13.8. The van der Waals surface area contributed by atoms with Crippen LogP contribution in [0.4, 0.5) is 8.78 Å². The maximum atomic E-state index is 17.8. The molecule has 0 unspecified atom stereocenters. The Balaban J connectivity index is 1.45. The molecule has 1 aliphatic carbocycles. The van der Waals surface area contributed by atoms with E-state index in [1.54, 1.807) is 48.5 Å². The van der Waals surface area contributed by atoms with Crippen LogP contribution in [-0.4, -0.2) is 23.5 Å². The maximum Gasteiger partial charge on any atom is 0.247 e. The Hall–Kier alpha value is -6.14. The van der Waals surface area contributed by atoms with Crippen LogP contribution in [0.15, 0.2) is 134 Å². The molecule has 8 rings (SSSR count). The lowest BCUT2D eigenvalue weighted by Gasteiger charge is -2.20. The summed E-state index contributed by atoms with van der Waals surface area (Å²) in [6.07, 6.45) is 0. The molecule has 6 nitrogen and oxygen atoms in total. The number of aryl methyl sites for hydroxylation is 3. The molecule has 54 heavy (non-hydrogen) atoms. The van der Waals surface area contributed by atoms with Crippen molar-refractivity contribution < 1.29 is 25.6 Å². The fraction of sp³-hybridized carbons (Fsp3) is 0.0698. The number of halogens is 2. The number of nitriles is 2. The van der Waals surface area contributed by atoms with Gasteiger partial charge in [0.2, 0.25) is 26.4 Å². The second-order valence-corrected chi connectivity index (χ2v) is 17.4. The molecule has 262 valence electrons. The zero-order valence-electron chi connectivity index (χ0n) is 29.1. The smallest absolute Gasteiger partial charge is 0.219 e. The van der Waals surface area contributed by atoms with E-state index in [0.29, 0.717) is 10.9 Å². The van der Waals surface area contributed by atoms with Gasteiger partial charge in [-0.2, -0.15) is 10.5 Å². The summed E-state index contributed by atoms with van der Waals surface area (Å²) >= 11 is 0. The molecule has 0 bridgehead atoms. The molecular weight excluding hydrogens is 721 g/mol. The maximum absolute atomic E-state index is 17.8. The van der Waals surface area contributed by atoms with E-state index >= 15 is 8.78 Å². The predicted octanol–water partition coefficient (Wildman–Crippen LogP) is 6.88. The first kappa shape index (κ1) is 34.9. The first-order chi connectivity index (χ1) is 25.8. The molecule has 0 N–H and O–H groups in total. The van der Waals surface area contributed by atoms with Gasteiger partial charge in [-0.15, -0.1) is 0 Å². The highest BCUT2D eigenvalue weighted by Gasteiger charge is 2.45. The van der Waals surface area contributed by atoms with E-state index in [-0.39, 0.29) is 64.0 Å². The number of allylic oxidation sites excluding steroid dienone is 1. The van der Waals surface area contributed by atoms with Crippen molar-refractivity contribution in [3.8, 4) is 34.4 Å². The summed E-state index contributed by atoms with van der Waals surface area (Å²) in [5.74, 6) is -1.73. The Morgan fingerprint density at radius 1 is 0.556 bits per heavy atom.